The summed E-state index contributed by atoms with van der Waals surface area (Å²) in [5.41, 5.74) is 1.06. The van der Waals surface area contributed by atoms with Crippen molar-refractivity contribution in [3.63, 3.8) is 0 Å². The number of nitrogens with one attached hydrogen (secondary N) is 1. The predicted octanol–water partition coefficient (Wildman–Crippen LogP) is 2.24. The second-order valence-electron chi connectivity index (χ2n) is 3.13. The molecule has 0 fully saturated rings. The molecule has 2 heterocycles. The summed E-state index contributed by atoms with van der Waals surface area (Å²) in [7, 11) is 1.89. The van der Waals surface area contributed by atoms with E-state index >= 15 is 0 Å². The Labute approximate surface area is 106 Å². The molecule has 5 nitrogen and oxygen atoms in total. The van der Waals surface area contributed by atoms with Gasteiger partial charge in [0.2, 0.25) is 0 Å². The van der Waals surface area contributed by atoms with E-state index < -0.39 is 0 Å². The van der Waals surface area contributed by atoms with Gasteiger partial charge in [-0.1, -0.05) is 11.6 Å². The highest BCUT2D eigenvalue weighted by Gasteiger charge is 2.06. The van der Waals surface area contributed by atoms with Crippen molar-refractivity contribution < 1.29 is 0 Å². The molecule has 0 aliphatic rings. The molecule has 0 aliphatic carbocycles. The van der Waals surface area contributed by atoms with E-state index in [1.807, 2.05) is 13.1 Å². The fraction of sp³-hybridized carbons (Fsp3) is 0.222. The lowest BCUT2D eigenvalue weighted by atomic mass is 10.4. The van der Waals surface area contributed by atoms with Crippen LogP contribution in [-0.2, 0) is 13.6 Å². The lowest BCUT2D eigenvalue weighted by molar-refractivity contribution is 0.719. The number of halogens is 2. The Morgan fingerprint density at radius 3 is 3.00 bits per heavy atom. The van der Waals surface area contributed by atoms with Crippen LogP contribution < -0.4 is 5.32 Å². The van der Waals surface area contributed by atoms with Crippen LogP contribution in [0.25, 0.3) is 0 Å². The molecule has 16 heavy (non-hydrogen) atoms. The average molecular weight is 303 g/mol. The Morgan fingerprint density at radius 2 is 2.31 bits per heavy atom. The number of hydrogen-bond acceptors (Lipinski definition) is 4. The molecule has 0 spiro atoms. The molecule has 0 bridgehead atoms. The van der Waals surface area contributed by atoms with Crippen LogP contribution in [-0.4, -0.2) is 19.7 Å². The van der Waals surface area contributed by atoms with Crippen molar-refractivity contribution in [1.29, 1.82) is 0 Å². The molecule has 0 unspecified atom stereocenters. The zero-order valence-corrected chi connectivity index (χ0v) is 10.8. The number of rotatable bonds is 3. The minimum atomic E-state index is 0.391. The standard InChI is InChI=1S/C9H9BrClN5/c1-16-6(2-3-15-16)4-12-9-7(10)8(11)13-5-14-9/h2-3,5H,4H2,1H3,(H,12,13,14). The van der Waals surface area contributed by atoms with Crippen LogP contribution in [0, 0.1) is 0 Å². The molecule has 0 aromatic carbocycles. The summed E-state index contributed by atoms with van der Waals surface area (Å²) in [5.74, 6) is 0.668. The van der Waals surface area contributed by atoms with E-state index in [4.69, 9.17) is 11.6 Å². The SMILES string of the molecule is Cn1nccc1CNc1ncnc(Cl)c1Br. The van der Waals surface area contributed by atoms with Crippen molar-refractivity contribution in [2.45, 2.75) is 6.54 Å². The summed E-state index contributed by atoms with van der Waals surface area (Å²) >= 11 is 9.17. The van der Waals surface area contributed by atoms with E-state index in [0.717, 1.165) is 5.69 Å². The van der Waals surface area contributed by atoms with Crippen LogP contribution in [0.15, 0.2) is 23.1 Å². The van der Waals surface area contributed by atoms with Crippen molar-refractivity contribution in [3.8, 4) is 0 Å². The zero-order valence-electron chi connectivity index (χ0n) is 8.48. The molecule has 1 N–H and O–H groups in total. The number of nitrogens with zero attached hydrogens (tertiary/aromatic N) is 4. The van der Waals surface area contributed by atoms with Crippen LogP contribution in [0.1, 0.15) is 5.69 Å². The second kappa shape index (κ2) is 4.80. The van der Waals surface area contributed by atoms with Crippen molar-refractivity contribution in [2.75, 3.05) is 5.32 Å². The Bertz CT molecular complexity index is 498. The molecule has 2 aromatic rings. The van der Waals surface area contributed by atoms with Gasteiger partial charge in [-0.25, -0.2) is 9.97 Å². The molecule has 7 heteroatoms. The van der Waals surface area contributed by atoms with Gasteiger partial charge in [-0.2, -0.15) is 5.10 Å². The number of aryl methyl sites for hydroxylation is 1. The quantitative estimate of drug-likeness (QED) is 0.884. The van der Waals surface area contributed by atoms with E-state index in [1.54, 1.807) is 10.9 Å². The Morgan fingerprint density at radius 1 is 1.50 bits per heavy atom. The second-order valence-corrected chi connectivity index (χ2v) is 4.28. The third kappa shape index (κ3) is 2.33. The predicted molar refractivity (Wildman–Crippen MR) is 65.3 cm³/mol. The van der Waals surface area contributed by atoms with Gasteiger partial charge in [0.1, 0.15) is 17.3 Å². The number of hydrogen-bond donors (Lipinski definition) is 1. The van der Waals surface area contributed by atoms with E-state index in [2.05, 4.69) is 36.3 Å². The zero-order chi connectivity index (χ0) is 11.5. The van der Waals surface area contributed by atoms with Crippen LogP contribution in [0.3, 0.4) is 0 Å². The maximum absolute atomic E-state index is 5.85. The summed E-state index contributed by atoms with van der Waals surface area (Å²) in [5, 5.41) is 7.62. The van der Waals surface area contributed by atoms with Gasteiger partial charge in [0.05, 0.1) is 16.7 Å². The molecule has 0 saturated carbocycles. The fourth-order valence-electron chi connectivity index (χ4n) is 1.22. The third-order valence-electron chi connectivity index (χ3n) is 2.11. The van der Waals surface area contributed by atoms with E-state index in [0.29, 0.717) is 22.0 Å². The largest absolute Gasteiger partial charge is 0.363 e. The summed E-state index contributed by atoms with van der Waals surface area (Å²) in [4.78, 5) is 7.94. The highest BCUT2D eigenvalue weighted by Crippen LogP contribution is 2.26. The highest BCUT2D eigenvalue weighted by molar-refractivity contribution is 9.10. The first-order valence-corrected chi connectivity index (χ1v) is 5.72. The molecule has 2 aromatic heterocycles. The van der Waals surface area contributed by atoms with E-state index in [9.17, 15) is 0 Å². The van der Waals surface area contributed by atoms with Crippen molar-refractivity contribution in [1.82, 2.24) is 19.7 Å². The first-order chi connectivity index (χ1) is 7.68. The lowest BCUT2D eigenvalue weighted by Gasteiger charge is -2.07. The van der Waals surface area contributed by atoms with Gasteiger partial charge in [-0.15, -0.1) is 0 Å². The van der Waals surface area contributed by atoms with Crippen LogP contribution in [0.2, 0.25) is 5.15 Å². The monoisotopic (exact) mass is 301 g/mol. The average Bonchev–Trinajstić information content (AvgIpc) is 2.67. The van der Waals surface area contributed by atoms with Gasteiger partial charge >= 0.3 is 0 Å². The van der Waals surface area contributed by atoms with E-state index in [-0.39, 0.29) is 0 Å². The summed E-state index contributed by atoms with van der Waals surface area (Å²) < 4.78 is 2.46. The molecular formula is C9H9BrClN5. The van der Waals surface area contributed by atoms with E-state index in [1.165, 1.54) is 6.33 Å². The molecule has 2 rings (SSSR count). The summed E-state index contributed by atoms with van der Waals surface area (Å²) in [6, 6.07) is 1.93. The minimum absolute atomic E-state index is 0.391. The molecule has 0 amide bonds. The molecule has 0 atom stereocenters. The Balaban J connectivity index is 2.11. The molecular weight excluding hydrogens is 293 g/mol. The van der Waals surface area contributed by atoms with Crippen molar-refractivity contribution in [2.24, 2.45) is 7.05 Å². The summed E-state index contributed by atoms with van der Waals surface area (Å²) in [6.45, 7) is 0.627. The number of aromatic nitrogens is 4. The van der Waals surface area contributed by atoms with Gasteiger partial charge in [-0.05, 0) is 22.0 Å². The molecule has 0 radical (unpaired) electrons. The maximum atomic E-state index is 5.85. The normalized spacial score (nSPS) is 10.4. The van der Waals surface area contributed by atoms with Crippen molar-refractivity contribution >= 4 is 33.3 Å². The minimum Gasteiger partial charge on any atom is -0.363 e. The smallest absolute Gasteiger partial charge is 0.148 e. The first-order valence-electron chi connectivity index (χ1n) is 4.55. The topological polar surface area (TPSA) is 55.6 Å². The Kier molecular flexibility index (Phi) is 3.40. The molecule has 0 aliphatic heterocycles. The third-order valence-corrected chi connectivity index (χ3v) is 3.37. The fourth-order valence-corrected chi connectivity index (χ4v) is 1.70. The summed E-state index contributed by atoms with van der Waals surface area (Å²) in [6.07, 6.45) is 3.16. The molecule has 0 saturated heterocycles. The maximum Gasteiger partial charge on any atom is 0.148 e. The van der Waals surface area contributed by atoms with Gasteiger partial charge in [-0.3, -0.25) is 4.68 Å². The van der Waals surface area contributed by atoms with Gasteiger partial charge in [0.15, 0.2) is 0 Å². The van der Waals surface area contributed by atoms with Crippen LogP contribution >= 0.6 is 27.5 Å². The van der Waals surface area contributed by atoms with Crippen molar-refractivity contribution in [3.05, 3.63) is 33.9 Å². The number of anilines is 1. The molecule has 84 valence electrons. The van der Waals surface area contributed by atoms with Gasteiger partial charge < -0.3 is 5.32 Å². The Hall–Kier alpha value is -1.14. The first kappa shape index (κ1) is 11.3. The van der Waals surface area contributed by atoms with Crippen LogP contribution in [0.5, 0.6) is 0 Å². The van der Waals surface area contributed by atoms with Crippen LogP contribution in [0.4, 0.5) is 5.82 Å². The van der Waals surface area contributed by atoms with Gasteiger partial charge in [0.25, 0.3) is 0 Å². The highest BCUT2D eigenvalue weighted by atomic mass is 79.9. The van der Waals surface area contributed by atoms with Gasteiger partial charge in [0, 0.05) is 13.2 Å². The lowest BCUT2D eigenvalue weighted by Crippen LogP contribution is -2.07.